The van der Waals surface area contributed by atoms with Crippen LogP contribution in [0.15, 0.2) is 42.6 Å². The molecule has 124 valence electrons. The van der Waals surface area contributed by atoms with Crippen molar-refractivity contribution in [1.82, 2.24) is 9.97 Å². The maximum Gasteiger partial charge on any atom is 0.0974 e. The average Bonchev–Trinajstić information content (AvgIpc) is 2.54. The minimum absolute atomic E-state index is 0.991. The van der Waals surface area contributed by atoms with Gasteiger partial charge in [-0.2, -0.15) is 0 Å². The predicted octanol–water partition coefficient (Wildman–Crippen LogP) is 5.99. The summed E-state index contributed by atoms with van der Waals surface area (Å²) in [5.74, 6) is 0. The second-order valence-corrected chi connectivity index (χ2v) is 7.08. The third-order valence-electron chi connectivity index (χ3n) is 5.05. The van der Waals surface area contributed by atoms with Gasteiger partial charge in [0, 0.05) is 22.5 Å². The fraction of sp³-hybridized carbons (Fsp3) is 0.217. The summed E-state index contributed by atoms with van der Waals surface area (Å²) in [6.45, 7) is 10.8. The summed E-state index contributed by atoms with van der Waals surface area (Å²) in [5.41, 5.74) is 10.6. The highest BCUT2D eigenvalue weighted by Crippen LogP contribution is 2.32. The first-order chi connectivity index (χ1) is 12.0. The van der Waals surface area contributed by atoms with Gasteiger partial charge in [-0.25, -0.2) is 4.98 Å². The van der Waals surface area contributed by atoms with E-state index in [2.05, 4.69) is 76.0 Å². The number of aromatic nitrogens is 2. The molecule has 2 nitrogen and oxygen atoms in total. The van der Waals surface area contributed by atoms with E-state index < -0.39 is 0 Å². The van der Waals surface area contributed by atoms with Gasteiger partial charge in [-0.05, 0) is 69.0 Å². The van der Waals surface area contributed by atoms with Crippen LogP contribution in [0.25, 0.3) is 33.1 Å². The second-order valence-electron chi connectivity index (χ2n) is 7.08. The van der Waals surface area contributed by atoms with Crippen LogP contribution in [-0.4, -0.2) is 9.97 Å². The summed E-state index contributed by atoms with van der Waals surface area (Å²) < 4.78 is 0. The molecule has 2 aromatic heterocycles. The summed E-state index contributed by atoms with van der Waals surface area (Å²) in [6, 6.07) is 13.1. The molecule has 4 aromatic rings. The fourth-order valence-electron chi connectivity index (χ4n) is 3.92. The van der Waals surface area contributed by atoms with Gasteiger partial charge in [-0.1, -0.05) is 29.8 Å². The molecule has 0 unspecified atom stereocenters. The predicted molar refractivity (Wildman–Crippen MR) is 106 cm³/mol. The van der Waals surface area contributed by atoms with Crippen molar-refractivity contribution in [3.63, 3.8) is 0 Å². The van der Waals surface area contributed by atoms with Gasteiger partial charge < -0.3 is 0 Å². The maximum atomic E-state index is 5.06. The molecule has 0 spiro atoms. The molecule has 0 radical (unpaired) electrons. The molecule has 0 saturated carbocycles. The van der Waals surface area contributed by atoms with Crippen LogP contribution in [0.5, 0.6) is 0 Å². The summed E-state index contributed by atoms with van der Waals surface area (Å²) in [5, 5.41) is 2.35. The van der Waals surface area contributed by atoms with Crippen molar-refractivity contribution in [2.75, 3.05) is 0 Å². The molecule has 0 atom stereocenters. The molecule has 4 rings (SSSR count). The van der Waals surface area contributed by atoms with Crippen LogP contribution in [0.2, 0.25) is 0 Å². The molecule has 0 fully saturated rings. The lowest BCUT2D eigenvalue weighted by Gasteiger charge is -2.14. The number of rotatable bonds is 1. The van der Waals surface area contributed by atoms with Gasteiger partial charge in [0.25, 0.3) is 0 Å². The number of hydrogen-bond donors (Lipinski definition) is 0. The van der Waals surface area contributed by atoms with Crippen LogP contribution in [0.4, 0.5) is 0 Å². The molecule has 0 saturated heterocycles. The number of benzene rings is 2. The van der Waals surface area contributed by atoms with E-state index in [1.54, 1.807) is 0 Å². The van der Waals surface area contributed by atoms with Crippen LogP contribution < -0.4 is 0 Å². The molecule has 2 aromatic carbocycles. The van der Waals surface area contributed by atoms with Gasteiger partial charge in [0.05, 0.1) is 16.7 Å². The molecule has 0 N–H and O–H groups in total. The zero-order chi connectivity index (χ0) is 17.7. The quantitative estimate of drug-likeness (QED) is 0.401. The van der Waals surface area contributed by atoms with Crippen molar-refractivity contribution >= 4 is 21.8 Å². The number of hydrogen-bond acceptors (Lipinski definition) is 2. The summed E-state index contributed by atoms with van der Waals surface area (Å²) in [6.07, 6.45) is 1.88. The van der Waals surface area contributed by atoms with Crippen LogP contribution in [0.1, 0.15) is 27.8 Å². The number of pyridine rings is 2. The zero-order valence-corrected chi connectivity index (χ0v) is 15.4. The number of nitrogens with zero attached hydrogens (tertiary/aromatic N) is 2. The topological polar surface area (TPSA) is 25.8 Å². The number of fused-ring (bicyclic) bond motifs is 3. The average molecular weight is 326 g/mol. The first-order valence-corrected chi connectivity index (χ1v) is 8.69. The zero-order valence-electron chi connectivity index (χ0n) is 15.4. The molecule has 2 heterocycles. The Labute approximate surface area is 148 Å². The highest BCUT2D eigenvalue weighted by atomic mass is 14.8. The van der Waals surface area contributed by atoms with Crippen molar-refractivity contribution in [3.8, 4) is 11.3 Å². The van der Waals surface area contributed by atoms with E-state index in [4.69, 9.17) is 4.98 Å². The van der Waals surface area contributed by atoms with Gasteiger partial charge in [-0.3, -0.25) is 4.98 Å². The molecular weight excluding hydrogens is 304 g/mol. The molecule has 0 aliphatic heterocycles. The smallest absolute Gasteiger partial charge is 0.0974 e. The van der Waals surface area contributed by atoms with Crippen LogP contribution in [0.3, 0.4) is 0 Å². The van der Waals surface area contributed by atoms with E-state index in [0.717, 1.165) is 16.7 Å². The Morgan fingerprint density at radius 3 is 1.96 bits per heavy atom. The first kappa shape index (κ1) is 15.8. The summed E-state index contributed by atoms with van der Waals surface area (Å²) in [7, 11) is 0. The van der Waals surface area contributed by atoms with Crippen molar-refractivity contribution in [2.45, 2.75) is 34.6 Å². The van der Waals surface area contributed by atoms with Crippen LogP contribution in [-0.2, 0) is 0 Å². The monoisotopic (exact) mass is 326 g/mol. The third-order valence-corrected chi connectivity index (χ3v) is 5.05. The minimum atomic E-state index is 0.991. The van der Waals surface area contributed by atoms with E-state index >= 15 is 0 Å². The van der Waals surface area contributed by atoms with Crippen LogP contribution in [0, 0.1) is 34.6 Å². The highest BCUT2D eigenvalue weighted by Gasteiger charge is 2.13. The third kappa shape index (κ3) is 2.49. The molecule has 0 aliphatic carbocycles. The number of aryl methyl sites for hydroxylation is 5. The van der Waals surface area contributed by atoms with E-state index in [1.807, 2.05) is 6.20 Å². The van der Waals surface area contributed by atoms with Crippen molar-refractivity contribution in [2.24, 2.45) is 0 Å². The SMILES string of the molecule is Cc1cc(C)c(-c2cc(C)c3ccc4c(C)ccnc4c3n2)c(C)c1. The molecule has 25 heavy (non-hydrogen) atoms. The molecule has 0 aliphatic rings. The first-order valence-electron chi connectivity index (χ1n) is 8.69. The second kappa shape index (κ2) is 5.66. The van der Waals surface area contributed by atoms with Crippen molar-refractivity contribution in [1.29, 1.82) is 0 Å². The lowest BCUT2D eigenvalue weighted by molar-refractivity contribution is 1.27. The molecular formula is C23H22N2. The summed E-state index contributed by atoms with van der Waals surface area (Å²) in [4.78, 5) is 9.71. The molecule has 2 heteroatoms. The highest BCUT2D eigenvalue weighted by molar-refractivity contribution is 6.05. The Morgan fingerprint density at radius 1 is 0.640 bits per heavy atom. The maximum absolute atomic E-state index is 5.06. The Kier molecular flexibility index (Phi) is 3.57. The fourth-order valence-corrected chi connectivity index (χ4v) is 3.92. The van der Waals surface area contributed by atoms with Gasteiger partial charge >= 0.3 is 0 Å². The Hall–Kier alpha value is -2.74. The van der Waals surface area contributed by atoms with Crippen molar-refractivity contribution < 1.29 is 0 Å². The summed E-state index contributed by atoms with van der Waals surface area (Å²) >= 11 is 0. The van der Waals surface area contributed by atoms with Gasteiger partial charge in [-0.15, -0.1) is 0 Å². The molecule has 0 amide bonds. The van der Waals surface area contributed by atoms with E-state index in [-0.39, 0.29) is 0 Å². The Morgan fingerprint density at radius 2 is 1.28 bits per heavy atom. The normalized spacial score (nSPS) is 11.4. The van der Waals surface area contributed by atoms with Gasteiger partial charge in [0.15, 0.2) is 0 Å². The molecule has 0 bridgehead atoms. The van der Waals surface area contributed by atoms with E-state index in [9.17, 15) is 0 Å². The van der Waals surface area contributed by atoms with Crippen molar-refractivity contribution in [3.05, 3.63) is 70.4 Å². The lowest BCUT2D eigenvalue weighted by atomic mass is 9.95. The van der Waals surface area contributed by atoms with Gasteiger partial charge in [0.1, 0.15) is 0 Å². The van der Waals surface area contributed by atoms with Crippen LogP contribution >= 0.6 is 0 Å². The largest absolute Gasteiger partial charge is 0.254 e. The Balaban J connectivity index is 2.11. The minimum Gasteiger partial charge on any atom is -0.254 e. The van der Waals surface area contributed by atoms with E-state index in [0.29, 0.717) is 0 Å². The van der Waals surface area contributed by atoms with Gasteiger partial charge in [0.2, 0.25) is 0 Å². The van der Waals surface area contributed by atoms with E-state index in [1.165, 1.54) is 44.2 Å². The Bertz CT molecular complexity index is 1120. The standard InChI is InChI=1S/C23H22N2/c1-13-10-16(4)21(17(5)11-13)20-12-15(3)19-7-6-18-14(2)8-9-24-22(18)23(19)25-20/h6-12H,1-5H3. The lowest BCUT2D eigenvalue weighted by Crippen LogP contribution is -1.96.